The number of hydrogen-bond donors (Lipinski definition) is 2. The number of amides is 1. The van der Waals surface area contributed by atoms with Gasteiger partial charge in [0.05, 0.1) is 0 Å². The van der Waals surface area contributed by atoms with Crippen LogP contribution >= 0.6 is 11.6 Å². The molecule has 0 unspecified atom stereocenters. The number of nitrogens with one attached hydrogen (secondary N) is 1. The van der Waals surface area contributed by atoms with Crippen molar-refractivity contribution in [2.75, 3.05) is 26.2 Å². The number of H-pyrrole nitrogens is 1. The molecule has 1 atom stereocenters. The van der Waals surface area contributed by atoms with E-state index >= 15 is 0 Å². The van der Waals surface area contributed by atoms with Crippen molar-refractivity contribution in [1.82, 2.24) is 14.8 Å². The summed E-state index contributed by atoms with van der Waals surface area (Å²) in [7, 11) is 0. The standard InChI is InChI=1S/C19H24ClN3O4/c1-19(2,3)27-18(26)23-8-6-22(7-9-23)16(17(24)25)14-11-21-15-10-12(20)4-5-13(14)15/h4-5,10-11,16,21H,6-9H2,1-3H3,(H,24,25)/t16-/m1/s1. The number of carbonyl (C=O) groups is 2. The highest BCUT2D eigenvalue weighted by atomic mass is 35.5. The summed E-state index contributed by atoms with van der Waals surface area (Å²) in [5.41, 5.74) is 0.944. The Morgan fingerprint density at radius 3 is 2.48 bits per heavy atom. The summed E-state index contributed by atoms with van der Waals surface area (Å²) < 4.78 is 5.40. The van der Waals surface area contributed by atoms with Gasteiger partial charge in [-0.1, -0.05) is 17.7 Å². The highest BCUT2D eigenvalue weighted by Crippen LogP contribution is 2.31. The molecule has 1 aliphatic heterocycles. The third-order valence-corrected chi connectivity index (χ3v) is 4.77. The molecule has 1 aromatic carbocycles. The lowest BCUT2D eigenvalue weighted by molar-refractivity contribution is -0.144. The summed E-state index contributed by atoms with van der Waals surface area (Å²) in [5, 5.41) is 11.3. The SMILES string of the molecule is CC(C)(C)OC(=O)N1CCN([C@@H](C(=O)O)c2c[nH]c3cc(Cl)ccc23)CC1. The lowest BCUT2D eigenvalue weighted by Crippen LogP contribution is -2.51. The molecule has 27 heavy (non-hydrogen) atoms. The van der Waals surface area contributed by atoms with Gasteiger partial charge in [0, 0.05) is 53.9 Å². The molecule has 0 spiro atoms. The first kappa shape index (κ1) is 19.5. The molecule has 1 aromatic heterocycles. The second-order valence-corrected chi connectivity index (χ2v) is 8.11. The van der Waals surface area contributed by atoms with Gasteiger partial charge in [0.1, 0.15) is 11.6 Å². The van der Waals surface area contributed by atoms with Crippen LogP contribution < -0.4 is 0 Å². The van der Waals surface area contributed by atoms with Crippen molar-refractivity contribution in [2.45, 2.75) is 32.4 Å². The van der Waals surface area contributed by atoms with E-state index in [0.717, 1.165) is 10.9 Å². The van der Waals surface area contributed by atoms with E-state index in [1.165, 1.54) is 0 Å². The fraction of sp³-hybridized carbons (Fsp3) is 0.474. The highest BCUT2D eigenvalue weighted by Gasteiger charge is 2.34. The van der Waals surface area contributed by atoms with Gasteiger partial charge in [0.2, 0.25) is 0 Å². The molecule has 1 saturated heterocycles. The average Bonchev–Trinajstić information content (AvgIpc) is 2.96. The zero-order valence-electron chi connectivity index (χ0n) is 15.7. The number of fused-ring (bicyclic) bond motifs is 1. The Kier molecular flexibility index (Phi) is 5.35. The molecule has 3 rings (SSSR count). The maximum atomic E-state index is 12.2. The van der Waals surface area contributed by atoms with Crippen molar-refractivity contribution in [1.29, 1.82) is 0 Å². The normalized spacial score (nSPS) is 17.1. The zero-order chi connectivity index (χ0) is 19.8. The van der Waals surface area contributed by atoms with Crippen LogP contribution in [0, 0.1) is 0 Å². The Morgan fingerprint density at radius 1 is 1.22 bits per heavy atom. The van der Waals surface area contributed by atoms with Crippen LogP contribution in [-0.2, 0) is 9.53 Å². The maximum absolute atomic E-state index is 12.2. The molecule has 1 amide bonds. The van der Waals surface area contributed by atoms with Crippen LogP contribution in [0.4, 0.5) is 4.79 Å². The summed E-state index contributed by atoms with van der Waals surface area (Å²) in [5.74, 6) is -0.920. The average molecular weight is 394 g/mol. The first-order valence-electron chi connectivity index (χ1n) is 8.87. The van der Waals surface area contributed by atoms with Gasteiger partial charge < -0.3 is 19.7 Å². The van der Waals surface area contributed by atoms with Gasteiger partial charge in [-0.05, 0) is 32.9 Å². The lowest BCUT2D eigenvalue weighted by Gasteiger charge is -2.38. The van der Waals surface area contributed by atoms with Crippen molar-refractivity contribution in [3.63, 3.8) is 0 Å². The molecule has 0 radical (unpaired) electrons. The van der Waals surface area contributed by atoms with E-state index in [9.17, 15) is 14.7 Å². The largest absolute Gasteiger partial charge is 0.480 e. The molecule has 146 valence electrons. The number of piperazine rings is 1. The Labute approximate surface area is 162 Å². The number of aromatic nitrogens is 1. The number of ether oxygens (including phenoxy) is 1. The van der Waals surface area contributed by atoms with Gasteiger partial charge in [-0.15, -0.1) is 0 Å². The minimum Gasteiger partial charge on any atom is -0.480 e. The van der Waals surface area contributed by atoms with E-state index in [1.54, 1.807) is 23.2 Å². The van der Waals surface area contributed by atoms with Gasteiger partial charge in [-0.2, -0.15) is 0 Å². The van der Waals surface area contributed by atoms with Crippen LogP contribution in [-0.4, -0.2) is 63.7 Å². The molecule has 2 aromatic rings. The quantitative estimate of drug-likeness (QED) is 0.833. The molecular formula is C19H24ClN3O4. The Hall–Kier alpha value is -2.25. The second-order valence-electron chi connectivity index (χ2n) is 7.68. The first-order valence-corrected chi connectivity index (χ1v) is 9.25. The van der Waals surface area contributed by atoms with Crippen molar-refractivity contribution >= 4 is 34.6 Å². The zero-order valence-corrected chi connectivity index (χ0v) is 16.4. The molecule has 0 aliphatic carbocycles. The minimum absolute atomic E-state index is 0.365. The summed E-state index contributed by atoms with van der Waals surface area (Å²) >= 11 is 6.01. The number of hydrogen-bond acceptors (Lipinski definition) is 4. The molecule has 7 nitrogen and oxygen atoms in total. The van der Waals surface area contributed by atoms with Crippen molar-refractivity contribution in [3.05, 3.63) is 35.0 Å². The number of carboxylic acids is 1. The van der Waals surface area contributed by atoms with E-state index < -0.39 is 17.6 Å². The molecule has 0 bridgehead atoms. The number of carboxylic acid groups (broad SMARTS) is 1. The smallest absolute Gasteiger partial charge is 0.410 e. The van der Waals surface area contributed by atoms with E-state index in [2.05, 4.69) is 4.98 Å². The van der Waals surface area contributed by atoms with Crippen molar-refractivity contribution in [3.8, 4) is 0 Å². The molecule has 2 N–H and O–H groups in total. The molecular weight excluding hydrogens is 370 g/mol. The maximum Gasteiger partial charge on any atom is 0.410 e. The number of aliphatic carboxylic acids is 1. The summed E-state index contributed by atoms with van der Waals surface area (Å²) in [6.45, 7) is 7.23. The number of halogens is 1. The lowest BCUT2D eigenvalue weighted by atomic mass is 10.0. The Balaban J connectivity index is 1.76. The van der Waals surface area contributed by atoms with Crippen LogP contribution in [0.1, 0.15) is 32.4 Å². The number of nitrogens with zero attached hydrogens (tertiary/aromatic N) is 2. The van der Waals surface area contributed by atoms with Crippen LogP contribution in [0.15, 0.2) is 24.4 Å². The second kappa shape index (κ2) is 7.40. The van der Waals surface area contributed by atoms with Crippen LogP contribution in [0.2, 0.25) is 5.02 Å². The van der Waals surface area contributed by atoms with E-state index in [-0.39, 0.29) is 6.09 Å². The molecule has 1 fully saturated rings. The van der Waals surface area contributed by atoms with Crippen LogP contribution in [0.3, 0.4) is 0 Å². The van der Waals surface area contributed by atoms with Crippen LogP contribution in [0.25, 0.3) is 10.9 Å². The Morgan fingerprint density at radius 2 is 1.89 bits per heavy atom. The summed E-state index contributed by atoms with van der Waals surface area (Å²) in [6, 6.07) is 4.57. The van der Waals surface area contributed by atoms with Crippen molar-refractivity contribution in [2.24, 2.45) is 0 Å². The predicted molar refractivity (Wildman–Crippen MR) is 103 cm³/mol. The number of aromatic amines is 1. The summed E-state index contributed by atoms with van der Waals surface area (Å²) in [4.78, 5) is 30.8. The first-order chi connectivity index (χ1) is 12.7. The van der Waals surface area contributed by atoms with E-state index in [1.807, 2.05) is 31.7 Å². The predicted octanol–water partition coefficient (Wildman–Crippen LogP) is 3.50. The minimum atomic E-state index is -0.920. The van der Waals surface area contributed by atoms with Crippen LogP contribution in [0.5, 0.6) is 0 Å². The van der Waals surface area contributed by atoms with Gasteiger partial charge in [-0.3, -0.25) is 9.69 Å². The number of benzene rings is 1. The van der Waals surface area contributed by atoms with Crippen molar-refractivity contribution < 1.29 is 19.4 Å². The van der Waals surface area contributed by atoms with E-state index in [0.29, 0.717) is 36.8 Å². The molecule has 2 heterocycles. The topological polar surface area (TPSA) is 85.9 Å². The number of carbonyl (C=O) groups excluding carboxylic acids is 1. The number of rotatable bonds is 3. The Bertz CT molecular complexity index is 850. The highest BCUT2D eigenvalue weighted by molar-refractivity contribution is 6.31. The fourth-order valence-corrected chi connectivity index (χ4v) is 3.49. The van der Waals surface area contributed by atoms with Gasteiger partial charge >= 0.3 is 12.1 Å². The van der Waals surface area contributed by atoms with Gasteiger partial charge in [0.15, 0.2) is 0 Å². The third kappa shape index (κ3) is 4.36. The summed E-state index contributed by atoms with van der Waals surface area (Å²) in [6.07, 6.45) is 1.36. The fourth-order valence-electron chi connectivity index (χ4n) is 3.32. The monoisotopic (exact) mass is 393 g/mol. The van der Waals surface area contributed by atoms with E-state index in [4.69, 9.17) is 16.3 Å². The van der Waals surface area contributed by atoms with Gasteiger partial charge in [-0.25, -0.2) is 4.79 Å². The molecule has 0 saturated carbocycles. The molecule has 8 heteroatoms. The third-order valence-electron chi connectivity index (χ3n) is 4.54. The van der Waals surface area contributed by atoms with Gasteiger partial charge in [0.25, 0.3) is 0 Å². The molecule has 1 aliphatic rings.